The van der Waals surface area contributed by atoms with E-state index < -0.39 is 0 Å². The molecule has 1 aliphatic rings. The summed E-state index contributed by atoms with van der Waals surface area (Å²) in [6.07, 6.45) is 4.68. The van der Waals surface area contributed by atoms with Gasteiger partial charge in [-0.1, -0.05) is 18.2 Å². The third-order valence-corrected chi connectivity index (χ3v) is 5.25. The SMILES string of the molecule is NC(Cc1ccc(Br)s1)c1ccc2c(c1)CCC2. The minimum atomic E-state index is 0.112. The normalized spacial score (nSPS) is 15.7. The van der Waals surface area contributed by atoms with Crippen molar-refractivity contribution in [3.63, 3.8) is 0 Å². The summed E-state index contributed by atoms with van der Waals surface area (Å²) in [5.74, 6) is 0. The van der Waals surface area contributed by atoms with E-state index in [1.54, 1.807) is 11.3 Å². The van der Waals surface area contributed by atoms with Gasteiger partial charge in [0.25, 0.3) is 0 Å². The Bertz CT molecular complexity index is 561. The highest BCUT2D eigenvalue weighted by Crippen LogP contribution is 2.28. The molecule has 1 aliphatic carbocycles. The highest BCUT2D eigenvalue weighted by atomic mass is 79.9. The molecule has 1 aromatic carbocycles. The van der Waals surface area contributed by atoms with E-state index in [9.17, 15) is 0 Å². The molecule has 3 heteroatoms. The minimum absolute atomic E-state index is 0.112. The van der Waals surface area contributed by atoms with E-state index >= 15 is 0 Å². The molecule has 1 nitrogen and oxygen atoms in total. The fraction of sp³-hybridized carbons (Fsp3) is 0.333. The number of hydrogen-bond acceptors (Lipinski definition) is 2. The van der Waals surface area contributed by atoms with Crippen LogP contribution < -0.4 is 5.73 Å². The average molecular weight is 322 g/mol. The fourth-order valence-corrected chi connectivity index (χ4v) is 4.16. The summed E-state index contributed by atoms with van der Waals surface area (Å²) in [4.78, 5) is 1.34. The van der Waals surface area contributed by atoms with Crippen LogP contribution in [0.1, 0.15) is 34.0 Å². The summed E-state index contributed by atoms with van der Waals surface area (Å²) in [6.45, 7) is 0. The summed E-state index contributed by atoms with van der Waals surface area (Å²) in [5, 5.41) is 0. The smallest absolute Gasteiger partial charge is 0.0701 e. The molecule has 0 radical (unpaired) electrons. The third-order valence-electron chi connectivity index (χ3n) is 3.60. The number of hydrogen-bond donors (Lipinski definition) is 1. The van der Waals surface area contributed by atoms with Crippen molar-refractivity contribution in [2.75, 3.05) is 0 Å². The van der Waals surface area contributed by atoms with Gasteiger partial charge in [0.1, 0.15) is 0 Å². The zero-order valence-corrected chi connectivity index (χ0v) is 12.6. The van der Waals surface area contributed by atoms with Crippen LogP contribution in [0.3, 0.4) is 0 Å². The van der Waals surface area contributed by atoms with Crippen molar-refractivity contribution in [1.29, 1.82) is 0 Å². The van der Waals surface area contributed by atoms with Crippen LogP contribution >= 0.6 is 27.3 Å². The lowest BCUT2D eigenvalue weighted by Gasteiger charge is -2.12. The monoisotopic (exact) mass is 321 g/mol. The summed E-state index contributed by atoms with van der Waals surface area (Å²) in [6, 6.07) is 11.1. The number of aryl methyl sites for hydroxylation is 2. The molecule has 3 rings (SSSR count). The largest absolute Gasteiger partial charge is 0.324 e. The topological polar surface area (TPSA) is 26.0 Å². The van der Waals surface area contributed by atoms with Gasteiger partial charge in [-0.2, -0.15) is 0 Å². The van der Waals surface area contributed by atoms with Crippen LogP contribution in [-0.2, 0) is 19.3 Å². The molecule has 2 N–H and O–H groups in total. The van der Waals surface area contributed by atoms with Crippen LogP contribution in [0.25, 0.3) is 0 Å². The van der Waals surface area contributed by atoms with Crippen LogP contribution in [-0.4, -0.2) is 0 Å². The molecule has 0 saturated heterocycles. The average Bonchev–Trinajstić information content (AvgIpc) is 2.96. The molecular weight excluding hydrogens is 306 g/mol. The van der Waals surface area contributed by atoms with Crippen molar-refractivity contribution < 1.29 is 0 Å². The number of rotatable bonds is 3. The Morgan fingerprint density at radius 1 is 1.17 bits per heavy atom. The highest BCUT2D eigenvalue weighted by molar-refractivity contribution is 9.11. The molecular formula is C15H16BrNS. The second-order valence-corrected chi connectivity index (χ2v) is 7.45. The number of fused-ring (bicyclic) bond motifs is 1. The quantitative estimate of drug-likeness (QED) is 0.898. The van der Waals surface area contributed by atoms with Gasteiger partial charge >= 0.3 is 0 Å². The molecule has 0 saturated carbocycles. The molecule has 0 aliphatic heterocycles. The Hall–Kier alpha value is -0.640. The molecule has 1 unspecified atom stereocenters. The standard InChI is InChI=1S/C15H16BrNS/c16-15-7-6-13(18-15)9-14(17)12-5-4-10-2-1-3-11(10)8-12/h4-8,14H,1-3,9,17H2. The van der Waals surface area contributed by atoms with Gasteiger partial charge in [0.15, 0.2) is 0 Å². The van der Waals surface area contributed by atoms with Crippen LogP contribution in [0.5, 0.6) is 0 Å². The zero-order valence-electron chi connectivity index (χ0n) is 10.2. The second kappa shape index (κ2) is 5.16. The van der Waals surface area contributed by atoms with Gasteiger partial charge < -0.3 is 5.73 Å². The first-order valence-electron chi connectivity index (χ1n) is 6.34. The summed E-state index contributed by atoms with van der Waals surface area (Å²) < 4.78 is 1.18. The summed E-state index contributed by atoms with van der Waals surface area (Å²) in [7, 11) is 0. The fourth-order valence-electron chi connectivity index (χ4n) is 2.62. The first kappa shape index (κ1) is 12.4. The molecule has 1 atom stereocenters. The van der Waals surface area contributed by atoms with Crippen molar-refractivity contribution in [3.8, 4) is 0 Å². The van der Waals surface area contributed by atoms with Crippen LogP contribution in [0.15, 0.2) is 34.1 Å². The Balaban J connectivity index is 1.78. The Morgan fingerprint density at radius 2 is 2.00 bits per heavy atom. The third kappa shape index (κ3) is 2.53. The molecule has 1 aromatic heterocycles. The van der Waals surface area contributed by atoms with E-state index in [-0.39, 0.29) is 6.04 Å². The molecule has 0 amide bonds. The van der Waals surface area contributed by atoms with Crippen LogP contribution in [0.4, 0.5) is 0 Å². The van der Waals surface area contributed by atoms with Crippen molar-refractivity contribution in [3.05, 3.63) is 55.7 Å². The van der Waals surface area contributed by atoms with E-state index in [1.165, 1.54) is 44.6 Å². The van der Waals surface area contributed by atoms with Gasteiger partial charge in [-0.15, -0.1) is 11.3 Å². The molecule has 0 spiro atoms. The first-order chi connectivity index (χ1) is 8.72. The predicted molar refractivity (Wildman–Crippen MR) is 81.1 cm³/mol. The van der Waals surface area contributed by atoms with Crippen molar-refractivity contribution in [1.82, 2.24) is 0 Å². The number of nitrogens with two attached hydrogens (primary N) is 1. The van der Waals surface area contributed by atoms with E-state index in [4.69, 9.17) is 5.73 Å². The zero-order chi connectivity index (χ0) is 12.5. The molecule has 94 valence electrons. The van der Waals surface area contributed by atoms with Gasteiger partial charge in [0.2, 0.25) is 0 Å². The molecule has 0 fully saturated rings. The molecule has 0 bridgehead atoms. The van der Waals surface area contributed by atoms with E-state index in [1.807, 2.05) is 0 Å². The lowest BCUT2D eigenvalue weighted by molar-refractivity contribution is 0.729. The Labute approximate surface area is 120 Å². The lowest BCUT2D eigenvalue weighted by Crippen LogP contribution is -2.13. The molecule has 1 heterocycles. The lowest BCUT2D eigenvalue weighted by atomic mass is 9.99. The summed E-state index contributed by atoms with van der Waals surface area (Å²) in [5.41, 5.74) is 10.6. The van der Waals surface area contributed by atoms with Crippen molar-refractivity contribution >= 4 is 27.3 Å². The Kier molecular flexibility index (Phi) is 3.55. The van der Waals surface area contributed by atoms with Gasteiger partial charge in [0.05, 0.1) is 3.79 Å². The maximum absolute atomic E-state index is 6.32. The van der Waals surface area contributed by atoms with Crippen LogP contribution in [0.2, 0.25) is 0 Å². The van der Waals surface area contributed by atoms with Crippen molar-refractivity contribution in [2.45, 2.75) is 31.7 Å². The number of thiophene rings is 1. The first-order valence-corrected chi connectivity index (χ1v) is 7.95. The van der Waals surface area contributed by atoms with E-state index in [2.05, 4.69) is 46.3 Å². The summed E-state index contributed by atoms with van der Waals surface area (Å²) >= 11 is 5.27. The maximum Gasteiger partial charge on any atom is 0.0701 e. The predicted octanol–water partition coefficient (Wildman–Crippen LogP) is 4.24. The van der Waals surface area contributed by atoms with Gasteiger partial charge in [-0.05, 0) is 64.0 Å². The van der Waals surface area contributed by atoms with E-state index in [0.29, 0.717) is 0 Å². The number of benzene rings is 1. The van der Waals surface area contributed by atoms with Gasteiger partial charge in [0, 0.05) is 17.3 Å². The number of halogens is 1. The highest BCUT2D eigenvalue weighted by Gasteiger charge is 2.14. The second-order valence-electron chi connectivity index (χ2n) is 4.90. The van der Waals surface area contributed by atoms with E-state index in [0.717, 1.165) is 6.42 Å². The Morgan fingerprint density at radius 3 is 2.78 bits per heavy atom. The minimum Gasteiger partial charge on any atom is -0.324 e. The van der Waals surface area contributed by atoms with Crippen molar-refractivity contribution in [2.24, 2.45) is 5.73 Å². The molecule has 18 heavy (non-hydrogen) atoms. The maximum atomic E-state index is 6.32. The molecule has 2 aromatic rings. The van der Waals surface area contributed by atoms with Crippen LogP contribution in [0, 0.1) is 0 Å². The van der Waals surface area contributed by atoms with Gasteiger partial charge in [-0.3, -0.25) is 0 Å². The van der Waals surface area contributed by atoms with Gasteiger partial charge in [-0.25, -0.2) is 0 Å².